The molecule has 100 valence electrons. The van der Waals surface area contributed by atoms with Crippen LogP contribution in [0.1, 0.15) is 13.8 Å². The van der Waals surface area contributed by atoms with E-state index in [4.69, 9.17) is 21.1 Å². The highest BCUT2D eigenvalue weighted by Crippen LogP contribution is 2.14. The van der Waals surface area contributed by atoms with Gasteiger partial charge >= 0.3 is 5.97 Å². The Morgan fingerprint density at radius 1 is 1.39 bits per heavy atom. The van der Waals surface area contributed by atoms with Gasteiger partial charge in [-0.3, -0.25) is 4.79 Å². The van der Waals surface area contributed by atoms with Crippen LogP contribution in [0.3, 0.4) is 0 Å². The standard InChI is InChI=1S/C13H18ClNO3/c1-10(2)17-6-7-18-13(16)9-15-12-5-3-4-11(14)8-12/h3-5,8,10,15H,6-7,9H2,1-2H3. The minimum atomic E-state index is -0.317. The lowest BCUT2D eigenvalue weighted by Gasteiger charge is -2.09. The van der Waals surface area contributed by atoms with Crippen LogP contribution in [0.2, 0.25) is 5.02 Å². The van der Waals surface area contributed by atoms with Crippen LogP contribution in [0, 0.1) is 0 Å². The third kappa shape index (κ3) is 6.47. The van der Waals surface area contributed by atoms with Crippen molar-refractivity contribution in [2.75, 3.05) is 25.1 Å². The van der Waals surface area contributed by atoms with E-state index in [1.54, 1.807) is 12.1 Å². The number of carbonyl (C=O) groups is 1. The van der Waals surface area contributed by atoms with Gasteiger partial charge in [0.15, 0.2) is 0 Å². The van der Waals surface area contributed by atoms with Gasteiger partial charge in [0, 0.05) is 10.7 Å². The minimum Gasteiger partial charge on any atom is -0.462 e. The van der Waals surface area contributed by atoms with Crippen molar-refractivity contribution in [2.45, 2.75) is 20.0 Å². The number of halogens is 1. The maximum atomic E-state index is 11.4. The Labute approximate surface area is 112 Å². The fraction of sp³-hybridized carbons (Fsp3) is 0.462. The van der Waals surface area contributed by atoms with E-state index in [1.165, 1.54) is 0 Å². The molecule has 1 aromatic carbocycles. The van der Waals surface area contributed by atoms with E-state index in [1.807, 2.05) is 26.0 Å². The Kier molecular flexibility index (Phi) is 6.54. The molecule has 0 heterocycles. The van der Waals surface area contributed by atoms with Crippen molar-refractivity contribution in [1.29, 1.82) is 0 Å². The monoisotopic (exact) mass is 271 g/mol. The molecule has 0 aromatic heterocycles. The SMILES string of the molecule is CC(C)OCCOC(=O)CNc1cccc(Cl)c1. The van der Waals surface area contributed by atoms with Gasteiger partial charge in [0.1, 0.15) is 13.2 Å². The van der Waals surface area contributed by atoms with Gasteiger partial charge in [0.2, 0.25) is 0 Å². The Morgan fingerprint density at radius 2 is 2.17 bits per heavy atom. The largest absolute Gasteiger partial charge is 0.462 e. The summed E-state index contributed by atoms with van der Waals surface area (Å²) in [6.07, 6.45) is 0.147. The average Bonchev–Trinajstić information content (AvgIpc) is 2.32. The Hall–Kier alpha value is -1.26. The minimum absolute atomic E-state index is 0.113. The summed E-state index contributed by atoms with van der Waals surface area (Å²) in [5.74, 6) is -0.317. The number of hydrogen-bond acceptors (Lipinski definition) is 4. The molecule has 18 heavy (non-hydrogen) atoms. The van der Waals surface area contributed by atoms with Crippen LogP contribution in [-0.4, -0.2) is 31.8 Å². The number of ether oxygens (including phenoxy) is 2. The quantitative estimate of drug-likeness (QED) is 0.612. The molecule has 5 heteroatoms. The topological polar surface area (TPSA) is 47.6 Å². The molecule has 0 aliphatic rings. The number of rotatable bonds is 7. The van der Waals surface area contributed by atoms with Gasteiger partial charge in [-0.25, -0.2) is 0 Å². The van der Waals surface area contributed by atoms with Crippen molar-refractivity contribution in [3.05, 3.63) is 29.3 Å². The molecular weight excluding hydrogens is 254 g/mol. The summed E-state index contributed by atoms with van der Waals surface area (Å²) in [6.45, 7) is 4.67. The molecule has 0 radical (unpaired) electrons. The molecule has 0 aliphatic carbocycles. The zero-order valence-corrected chi connectivity index (χ0v) is 11.4. The highest BCUT2D eigenvalue weighted by atomic mass is 35.5. The smallest absolute Gasteiger partial charge is 0.325 e. The van der Waals surface area contributed by atoms with E-state index in [0.29, 0.717) is 11.6 Å². The number of hydrogen-bond donors (Lipinski definition) is 1. The van der Waals surface area contributed by atoms with E-state index >= 15 is 0 Å². The summed E-state index contributed by atoms with van der Waals surface area (Å²) in [4.78, 5) is 11.4. The van der Waals surface area contributed by atoms with Crippen LogP contribution in [0.5, 0.6) is 0 Å². The number of nitrogens with one attached hydrogen (secondary N) is 1. The first-order valence-corrected chi connectivity index (χ1v) is 6.22. The molecule has 0 bridgehead atoms. The summed E-state index contributed by atoms with van der Waals surface area (Å²) in [5.41, 5.74) is 0.790. The van der Waals surface area contributed by atoms with Crippen molar-refractivity contribution in [1.82, 2.24) is 0 Å². The van der Waals surface area contributed by atoms with Gasteiger partial charge in [-0.05, 0) is 32.0 Å². The molecule has 1 aromatic rings. The van der Waals surface area contributed by atoms with Crippen LogP contribution < -0.4 is 5.32 Å². The first-order valence-electron chi connectivity index (χ1n) is 5.84. The highest BCUT2D eigenvalue weighted by molar-refractivity contribution is 6.30. The second-order valence-corrected chi connectivity index (χ2v) is 4.44. The van der Waals surface area contributed by atoms with Crippen LogP contribution in [0.15, 0.2) is 24.3 Å². The van der Waals surface area contributed by atoms with E-state index in [0.717, 1.165) is 5.69 Å². The third-order valence-corrected chi connectivity index (χ3v) is 2.29. The molecule has 0 spiro atoms. The predicted molar refractivity (Wildman–Crippen MR) is 72.0 cm³/mol. The van der Waals surface area contributed by atoms with Crippen molar-refractivity contribution in [2.24, 2.45) is 0 Å². The molecule has 0 aliphatic heterocycles. The average molecular weight is 272 g/mol. The highest BCUT2D eigenvalue weighted by Gasteiger charge is 2.03. The summed E-state index contributed by atoms with van der Waals surface area (Å²) in [6, 6.07) is 7.17. The maximum Gasteiger partial charge on any atom is 0.325 e. The van der Waals surface area contributed by atoms with Crippen LogP contribution in [0.25, 0.3) is 0 Å². The molecule has 0 saturated carbocycles. The molecule has 0 saturated heterocycles. The normalized spacial score (nSPS) is 10.4. The van der Waals surface area contributed by atoms with Crippen molar-refractivity contribution >= 4 is 23.3 Å². The molecule has 0 amide bonds. The van der Waals surface area contributed by atoms with Gasteiger partial charge in [0.25, 0.3) is 0 Å². The summed E-state index contributed by atoms with van der Waals surface area (Å²) in [7, 11) is 0. The van der Waals surface area contributed by atoms with Crippen molar-refractivity contribution in [3.8, 4) is 0 Å². The zero-order valence-electron chi connectivity index (χ0n) is 10.6. The zero-order chi connectivity index (χ0) is 13.4. The molecule has 4 nitrogen and oxygen atoms in total. The Bertz CT molecular complexity index is 382. The molecule has 1 rings (SSSR count). The van der Waals surface area contributed by atoms with E-state index in [-0.39, 0.29) is 25.2 Å². The molecular formula is C13H18ClNO3. The first-order chi connectivity index (χ1) is 8.58. The summed E-state index contributed by atoms with van der Waals surface area (Å²) >= 11 is 5.82. The number of benzene rings is 1. The van der Waals surface area contributed by atoms with E-state index in [9.17, 15) is 4.79 Å². The lowest BCUT2D eigenvalue weighted by Crippen LogP contribution is -2.19. The van der Waals surface area contributed by atoms with Gasteiger partial charge in [-0.15, -0.1) is 0 Å². The lowest BCUT2D eigenvalue weighted by molar-refractivity contribution is -0.143. The molecule has 0 unspecified atom stereocenters. The number of anilines is 1. The van der Waals surface area contributed by atoms with Crippen LogP contribution in [0.4, 0.5) is 5.69 Å². The second-order valence-electron chi connectivity index (χ2n) is 4.00. The Morgan fingerprint density at radius 3 is 2.83 bits per heavy atom. The van der Waals surface area contributed by atoms with Crippen molar-refractivity contribution in [3.63, 3.8) is 0 Å². The Balaban J connectivity index is 2.17. The number of carbonyl (C=O) groups excluding carboxylic acids is 1. The van der Waals surface area contributed by atoms with Gasteiger partial charge < -0.3 is 14.8 Å². The van der Waals surface area contributed by atoms with Crippen LogP contribution in [-0.2, 0) is 14.3 Å². The van der Waals surface area contributed by atoms with Gasteiger partial charge in [0.05, 0.1) is 12.7 Å². The summed E-state index contributed by atoms with van der Waals surface area (Å²) in [5, 5.41) is 3.56. The second kappa shape index (κ2) is 7.95. The fourth-order valence-corrected chi connectivity index (χ4v) is 1.45. The lowest BCUT2D eigenvalue weighted by atomic mass is 10.3. The number of esters is 1. The summed E-state index contributed by atoms with van der Waals surface area (Å²) < 4.78 is 10.2. The van der Waals surface area contributed by atoms with Crippen molar-refractivity contribution < 1.29 is 14.3 Å². The molecule has 0 fully saturated rings. The van der Waals surface area contributed by atoms with Crippen LogP contribution >= 0.6 is 11.6 Å². The van der Waals surface area contributed by atoms with Gasteiger partial charge in [-0.2, -0.15) is 0 Å². The van der Waals surface area contributed by atoms with E-state index < -0.39 is 0 Å². The third-order valence-electron chi connectivity index (χ3n) is 2.06. The molecule has 1 N–H and O–H groups in total. The first kappa shape index (κ1) is 14.8. The van der Waals surface area contributed by atoms with E-state index in [2.05, 4.69) is 5.32 Å². The fourth-order valence-electron chi connectivity index (χ4n) is 1.26. The maximum absolute atomic E-state index is 11.4. The predicted octanol–water partition coefficient (Wildman–Crippen LogP) is 2.72. The molecule has 0 atom stereocenters. The van der Waals surface area contributed by atoms with Gasteiger partial charge in [-0.1, -0.05) is 17.7 Å².